The predicted octanol–water partition coefficient (Wildman–Crippen LogP) is 4.59. The quantitative estimate of drug-likeness (QED) is 0.754. The molecular weight excluding hydrogens is 302 g/mol. The molecule has 1 unspecified atom stereocenters. The molecule has 1 aromatic heterocycles. The van der Waals surface area contributed by atoms with Gasteiger partial charge in [-0.3, -0.25) is 0 Å². The second-order valence-corrected chi connectivity index (χ2v) is 7.22. The van der Waals surface area contributed by atoms with Gasteiger partial charge in [0.05, 0.1) is 11.2 Å². The summed E-state index contributed by atoms with van der Waals surface area (Å²) >= 11 is 3.48. The average molecular weight is 322 g/mol. The van der Waals surface area contributed by atoms with Crippen molar-refractivity contribution in [1.82, 2.24) is 9.97 Å². The third-order valence-electron chi connectivity index (χ3n) is 4.44. The molecular formula is C15H20BrN3. The van der Waals surface area contributed by atoms with Gasteiger partial charge >= 0.3 is 0 Å². The largest absolute Gasteiger partial charge is 0.397 e. The van der Waals surface area contributed by atoms with E-state index in [9.17, 15) is 0 Å². The predicted molar refractivity (Wildman–Crippen MR) is 83.2 cm³/mol. The maximum absolute atomic E-state index is 6.06. The number of aromatic amines is 1. The van der Waals surface area contributed by atoms with E-state index < -0.39 is 0 Å². The van der Waals surface area contributed by atoms with Crippen LogP contribution >= 0.6 is 15.9 Å². The number of hydrogen-bond donors (Lipinski definition) is 2. The van der Waals surface area contributed by atoms with Crippen LogP contribution in [0.2, 0.25) is 0 Å². The summed E-state index contributed by atoms with van der Waals surface area (Å²) in [6, 6.07) is 3.97. The molecule has 0 amide bonds. The van der Waals surface area contributed by atoms with Crippen molar-refractivity contribution in [2.75, 3.05) is 5.73 Å². The number of nitrogen functional groups attached to an aromatic ring is 1. The Balaban J connectivity index is 2.08. The average Bonchev–Trinajstić information content (AvgIpc) is 2.72. The lowest BCUT2D eigenvalue weighted by Gasteiger charge is -2.37. The summed E-state index contributed by atoms with van der Waals surface area (Å²) in [5.74, 6) is 1.61. The Hall–Kier alpha value is -1.03. The minimum absolute atomic E-state index is 0.318. The highest BCUT2D eigenvalue weighted by atomic mass is 79.9. The molecule has 1 aliphatic carbocycles. The van der Waals surface area contributed by atoms with Crippen molar-refractivity contribution in [1.29, 1.82) is 0 Å². The third kappa shape index (κ3) is 2.27. The Morgan fingerprint density at radius 3 is 2.89 bits per heavy atom. The number of nitrogens with two attached hydrogens (primary N) is 1. The highest BCUT2D eigenvalue weighted by molar-refractivity contribution is 9.10. The summed E-state index contributed by atoms with van der Waals surface area (Å²) in [7, 11) is 0. The number of anilines is 1. The van der Waals surface area contributed by atoms with Crippen molar-refractivity contribution < 1.29 is 0 Å². The molecule has 1 heterocycles. The molecule has 3 N–H and O–H groups in total. The van der Waals surface area contributed by atoms with Gasteiger partial charge < -0.3 is 10.7 Å². The maximum atomic E-state index is 6.06. The van der Waals surface area contributed by atoms with Gasteiger partial charge in [0.25, 0.3) is 0 Å². The Bertz CT molecular complexity index is 615. The number of aromatic nitrogens is 2. The van der Waals surface area contributed by atoms with Crippen molar-refractivity contribution in [2.24, 2.45) is 5.41 Å². The molecule has 1 saturated carbocycles. The van der Waals surface area contributed by atoms with Crippen molar-refractivity contribution in [3.8, 4) is 0 Å². The first-order valence-electron chi connectivity index (χ1n) is 6.92. The Labute approximate surface area is 122 Å². The molecule has 3 nitrogen and oxygen atoms in total. The standard InChI is InChI=1S/C15H20BrN3/c1-15(2)6-4-3-5-10(15)14-18-12-8-9(16)7-11(17)13(12)19-14/h7-8,10H,3-6,17H2,1-2H3,(H,18,19). The summed E-state index contributed by atoms with van der Waals surface area (Å²) in [4.78, 5) is 8.25. The van der Waals surface area contributed by atoms with E-state index in [1.165, 1.54) is 25.7 Å². The summed E-state index contributed by atoms with van der Waals surface area (Å²) < 4.78 is 0.996. The van der Waals surface area contributed by atoms with Gasteiger partial charge in [0.2, 0.25) is 0 Å². The zero-order chi connectivity index (χ0) is 13.6. The summed E-state index contributed by atoms with van der Waals surface area (Å²) in [6.07, 6.45) is 5.11. The molecule has 0 spiro atoms. The zero-order valence-electron chi connectivity index (χ0n) is 11.5. The normalized spacial score (nSPS) is 22.8. The van der Waals surface area contributed by atoms with Crippen LogP contribution in [0.25, 0.3) is 11.0 Å². The van der Waals surface area contributed by atoms with Crippen molar-refractivity contribution in [2.45, 2.75) is 45.4 Å². The Kier molecular flexibility index (Phi) is 3.08. The number of nitrogens with zero attached hydrogens (tertiary/aromatic N) is 1. The Morgan fingerprint density at radius 2 is 2.16 bits per heavy atom. The van der Waals surface area contributed by atoms with Gasteiger partial charge in [0, 0.05) is 10.4 Å². The second kappa shape index (κ2) is 4.51. The van der Waals surface area contributed by atoms with E-state index in [1.54, 1.807) is 0 Å². The molecule has 2 aromatic rings. The highest BCUT2D eigenvalue weighted by Gasteiger charge is 2.35. The van der Waals surface area contributed by atoms with E-state index in [-0.39, 0.29) is 0 Å². The van der Waals surface area contributed by atoms with Crippen LogP contribution in [0.4, 0.5) is 5.69 Å². The smallest absolute Gasteiger partial charge is 0.112 e. The van der Waals surface area contributed by atoms with E-state index in [2.05, 4.69) is 40.8 Å². The van der Waals surface area contributed by atoms with Gasteiger partial charge in [-0.1, -0.05) is 42.6 Å². The van der Waals surface area contributed by atoms with Crippen molar-refractivity contribution >= 4 is 32.7 Å². The molecule has 1 fully saturated rings. The first kappa shape index (κ1) is 13.0. The first-order valence-corrected chi connectivity index (χ1v) is 7.71. The first-order chi connectivity index (χ1) is 8.97. The van der Waals surface area contributed by atoms with Gasteiger partial charge in [0.1, 0.15) is 11.3 Å². The fourth-order valence-electron chi connectivity index (χ4n) is 3.29. The zero-order valence-corrected chi connectivity index (χ0v) is 13.0. The number of imidazole rings is 1. The van der Waals surface area contributed by atoms with E-state index >= 15 is 0 Å². The summed E-state index contributed by atoms with van der Waals surface area (Å²) in [6.45, 7) is 4.70. The lowest BCUT2D eigenvalue weighted by Crippen LogP contribution is -2.26. The topological polar surface area (TPSA) is 54.7 Å². The van der Waals surface area contributed by atoms with E-state index in [1.807, 2.05) is 6.07 Å². The molecule has 0 bridgehead atoms. The molecule has 3 rings (SSSR count). The van der Waals surface area contributed by atoms with Gasteiger partial charge in [-0.15, -0.1) is 0 Å². The van der Waals surface area contributed by atoms with Crippen LogP contribution in [0.1, 0.15) is 51.3 Å². The lowest BCUT2D eigenvalue weighted by atomic mass is 9.68. The molecule has 0 saturated heterocycles. The molecule has 19 heavy (non-hydrogen) atoms. The van der Waals surface area contributed by atoms with Gasteiger partial charge in [-0.05, 0) is 30.4 Å². The Morgan fingerprint density at radius 1 is 1.37 bits per heavy atom. The summed E-state index contributed by atoms with van der Waals surface area (Å²) in [5, 5.41) is 0. The van der Waals surface area contributed by atoms with Crippen LogP contribution in [0.15, 0.2) is 16.6 Å². The molecule has 1 aliphatic rings. The lowest BCUT2D eigenvalue weighted by molar-refractivity contribution is 0.193. The van der Waals surface area contributed by atoms with Crippen molar-refractivity contribution in [3.63, 3.8) is 0 Å². The minimum Gasteiger partial charge on any atom is -0.397 e. The molecule has 0 aliphatic heterocycles. The van der Waals surface area contributed by atoms with E-state index in [0.717, 1.165) is 27.0 Å². The number of fused-ring (bicyclic) bond motifs is 1. The van der Waals surface area contributed by atoms with Crippen LogP contribution in [0, 0.1) is 5.41 Å². The highest BCUT2D eigenvalue weighted by Crippen LogP contribution is 2.46. The fourth-order valence-corrected chi connectivity index (χ4v) is 3.77. The van der Waals surface area contributed by atoms with Gasteiger partial charge in [-0.25, -0.2) is 4.98 Å². The van der Waals surface area contributed by atoms with Crippen LogP contribution in [0.5, 0.6) is 0 Å². The van der Waals surface area contributed by atoms with Crippen LogP contribution in [-0.4, -0.2) is 9.97 Å². The van der Waals surface area contributed by atoms with Crippen LogP contribution in [-0.2, 0) is 0 Å². The SMILES string of the molecule is CC1(C)CCCCC1c1nc2c(N)cc(Br)cc2[nH]1. The van der Waals surface area contributed by atoms with Gasteiger partial charge in [0.15, 0.2) is 0 Å². The minimum atomic E-state index is 0.318. The van der Waals surface area contributed by atoms with Crippen LogP contribution < -0.4 is 5.73 Å². The maximum Gasteiger partial charge on any atom is 0.112 e. The molecule has 102 valence electrons. The molecule has 0 radical (unpaired) electrons. The fraction of sp³-hybridized carbons (Fsp3) is 0.533. The summed E-state index contributed by atoms with van der Waals surface area (Å²) in [5.41, 5.74) is 9.04. The second-order valence-electron chi connectivity index (χ2n) is 6.30. The van der Waals surface area contributed by atoms with E-state index in [0.29, 0.717) is 11.3 Å². The third-order valence-corrected chi connectivity index (χ3v) is 4.89. The molecule has 4 heteroatoms. The van der Waals surface area contributed by atoms with E-state index in [4.69, 9.17) is 10.7 Å². The number of halogens is 1. The van der Waals surface area contributed by atoms with Crippen LogP contribution in [0.3, 0.4) is 0 Å². The number of rotatable bonds is 1. The number of H-pyrrole nitrogens is 1. The van der Waals surface area contributed by atoms with Crippen molar-refractivity contribution in [3.05, 3.63) is 22.4 Å². The number of nitrogens with one attached hydrogen (secondary N) is 1. The number of hydrogen-bond acceptors (Lipinski definition) is 2. The molecule has 1 atom stereocenters. The monoisotopic (exact) mass is 321 g/mol. The number of benzene rings is 1. The molecule has 1 aromatic carbocycles. The van der Waals surface area contributed by atoms with Gasteiger partial charge in [-0.2, -0.15) is 0 Å².